The average molecular weight is 276 g/mol. The molecular weight excluding hydrogens is 267 g/mol. The van der Waals surface area contributed by atoms with E-state index in [9.17, 15) is 0 Å². The van der Waals surface area contributed by atoms with Crippen LogP contribution in [0.15, 0.2) is 24.3 Å². The van der Waals surface area contributed by atoms with Crippen LogP contribution < -0.4 is 4.74 Å². The summed E-state index contributed by atoms with van der Waals surface area (Å²) >= 11 is 2.26. The van der Waals surface area contributed by atoms with E-state index in [1.54, 1.807) is 0 Å². The fourth-order valence-electron chi connectivity index (χ4n) is 0.909. The number of hydrogen-bond donors (Lipinski definition) is 0. The first-order valence-electron chi connectivity index (χ1n) is 3.85. The van der Waals surface area contributed by atoms with Crippen molar-refractivity contribution in [1.29, 1.82) is 0 Å². The summed E-state index contributed by atoms with van der Waals surface area (Å²) in [5.41, 5.74) is 0. The molecule has 1 atom stereocenters. The van der Waals surface area contributed by atoms with Crippen LogP contribution in [0.5, 0.6) is 5.75 Å². The van der Waals surface area contributed by atoms with Crippen LogP contribution >= 0.6 is 22.6 Å². The molecule has 2 rings (SSSR count). The first-order valence-corrected chi connectivity index (χ1v) is 4.93. The molecule has 0 saturated carbocycles. The Morgan fingerprint density at radius 3 is 2.92 bits per heavy atom. The van der Waals surface area contributed by atoms with Crippen LogP contribution in [0, 0.1) is 3.57 Å². The molecule has 1 saturated heterocycles. The van der Waals surface area contributed by atoms with E-state index in [-0.39, 0.29) is 0 Å². The molecule has 1 aliphatic rings. The Kier molecular flexibility index (Phi) is 2.51. The number of rotatable bonds is 3. The van der Waals surface area contributed by atoms with Crippen LogP contribution in [-0.2, 0) is 4.74 Å². The predicted octanol–water partition coefficient (Wildman–Crippen LogP) is 2.07. The van der Waals surface area contributed by atoms with Crippen molar-refractivity contribution >= 4 is 22.6 Å². The van der Waals surface area contributed by atoms with E-state index < -0.39 is 0 Å². The second-order valence-corrected chi connectivity index (χ2v) is 3.86. The van der Waals surface area contributed by atoms with E-state index in [2.05, 4.69) is 22.6 Å². The Morgan fingerprint density at radius 2 is 2.25 bits per heavy atom. The molecule has 0 aliphatic carbocycles. The van der Waals surface area contributed by atoms with Crippen molar-refractivity contribution in [1.82, 2.24) is 0 Å². The first kappa shape index (κ1) is 8.31. The highest BCUT2D eigenvalue weighted by atomic mass is 127. The van der Waals surface area contributed by atoms with E-state index >= 15 is 0 Å². The highest BCUT2D eigenvalue weighted by molar-refractivity contribution is 14.1. The molecule has 0 aromatic heterocycles. The second-order valence-electron chi connectivity index (χ2n) is 2.70. The maximum atomic E-state index is 5.53. The Labute approximate surface area is 85.0 Å². The van der Waals surface area contributed by atoms with Crippen LogP contribution in [0.25, 0.3) is 0 Å². The van der Waals surface area contributed by atoms with Crippen molar-refractivity contribution in [3.63, 3.8) is 0 Å². The fraction of sp³-hybridized carbons (Fsp3) is 0.333. The number of ether oxygens (including phenoxy) is 2. The van der Waals surface area contributed by atoms with Gasteiger partial charge in [0.15, 0.2) is 0 Å². The molecule has 0 bridgehead atoms. The number of epoxide rings is 1. The number of benzene rings is 1. The van der Waals surface area contributed by atoms with Crippen molar-refractivity contribution in [2.75, 3.05) is 13.2 Å². The summed E-state index contributed by atoms with van der Waals surface area (Å²) in [6.07, 6.45) is 0.334. The smallest absolute Gasteiger partial charge is 0.132 e. The lowest BCUT2D eigenvalue weighted by Crippen LogP contribution is -2.04. The molecular formula is C9H9IO2. The zero-order valence-electron chi connectivity index (χ0n) is 6.50. The van der Waals surface area contributed by atoms with E-state index in [4.69, 9.17) is 9.47 Å². The van der Waals surface area contributed by atoms with Gasteiger partial charge in [-0.05, 0) is 34.7 Å². The standard InChI is InChI=1S/C9H9IO2/c10-8-3-1-2-4-9(8)12-6-7-5-11-7/h1-4,7H,5-6H2. The molecule has 64 valence electrons. The molecule has 1 unspecified atom stereocenters. The zero-order valence-corrected chi connectivity index (χ0v) is 8.65. The maximum absolute atomic E-state index is 5.53. The van der Waals surface area contributed by atoms with Crippen molar-refractivity contribution < 1.29 is 9.47 Å². The lowest BCUT2D eigenvalue weighted by Gasteiger charge is -2.04. The minimum atomic E-state index is 0.334. The Bertz CT molecular complexity index is 271. The largest absolute Gasteiger partial charge is 0.490 e. The minimum Gasteiger partial charge on any atom is -0.490 e. The van der Waals surface area contributed by atoms with E-state index in [0.717, 1.165) is 15.9 Å². The van der Waals surface area contributed by atoms with Crippen molar-refractivity contribution in [3.05, 3.63) is 27.8 Å². The van der Waals surface area contributed by atoms with Gasteiger partial charge in [-0.1, -0.05) is 12.1 Å². The van der Waals surface area contributed by atoms with Crippen molar-refractivity contribution in [3.8, 4) is 5.75 Å². The maximum Gasteiger partial charge on any atom is 0.132 e. The fourth-order valence-corrected chi connectivity index (χ4v) is 1.45. The number of hydrogen-bond acceptors (Lipinski definition) is 2. The summed E-state index contributed by atoms with van der Waals surface area (Å²) in [5.74, 6) is 0.952. The van der Waals surface area contributed by atoms with Gasteiger partial charge < -0.3 is 9.47 Å². The predicted molar refractivity (Wildman–Crippen MR) is 54.4 cm³/mol. The molecule has 3 heteroatoms. The number of para-hydroxylation sites is 1. The molecule has 1 heterocycles. The normalized spacial score (nSPS) is 20.6. The van der Waals surface area contributed by atoms with Gasteiger partial charge in [0, 0.05) is 0 Å². The molecule has 12 heavy (non-hydrogen) atoms. The Hall–Kier alpha value is -0.290. The zero-order chi connectivity index (χ0) is 8.39. The first-order chi connectivity index (χ1) is 5.86. The van der Waals surface area contributed by atoms with Crippen LogP contribution in [0.3, 0.4) is 0 Å². The van der Waals surface area contributed by atoms with Gasteiger partial charge in [0.05, 0.1) is 10.2 Å². The van der Waals surface area contributed by atoms with Crippen LogP contribution in [0.2, 0.25) is 0 Å². The topological polar surface area (TPSA) is 21.8 Å². The minimum absolute atomic E-state index is 0.334. The summed E-state index contributed by atoms with van der Waals surface area (Å²) < 4.78 is 11.7. The molecule has 1 fully saturated rings. The summed E-state index contributed by atoms with van der Waals surface area (Å²) in [7, 11) is 0. The van der Waals surface area contributed by atoms with Gasteiger partial charge in [-0.15, -0.1) is 0 Å². The lowest BCUT2D eigenvalue weighted by atomic mass is 10.3. The third-order valence-electron chi connectivity index (χ3n) is 1.66. The average Bonchev–Trinajstić information content (AvgIpc) is 2.86. The van der Waals surface area contributed by atoms with Crippen LogP contribution in [0.1, 0.15) is 0 Å². The third kappa shape index (κ3) is 2.10. The monoisotopic (exact) mass is 276 g/mol. The lowest BCUT2D eigenvalue weighted by molar-refractivity contribution is 0.261. The van der Waals surface area contributed by atoms with Gasteiger partial charge in [0.1, 0.15) is 18.5 Å². The van der Waals surface area contributed by atoms with Gasteiger partial charge in [-0.25, -0.2) is 0 Å². The van der Waals surface area contributed by atoms with Crippen molar-refractivity contribution in [2.24, 2.45) is 0 Å². The molecule has 2 nitrogen and oxygen atoms in total. The van der Waals surface area contributed by atoms with Gasteiger partial charge in [-0.3, -0.25) is 0 Å². The number of halogens is 1. The highest BCUT2D eigenvalue weighted by Crippen LogP contribution is 2.21. The van der Waals surface area contributed by atoms with Gasteiger partial charge in [-0.2, -0.15) is 0 Å². The van der Waals surface area contributed by atoms with Gasteiger partial charge in [0.2, 0.25) is 0 Å². The van der Waals surface area contributed by atoms with Crippen LogP contribution in [-0.4, -0.2) is 19.3 Å². The summed E-state index contributed by atoms with van der Waals surface area (Å²) in [6, 6.07) is 7.99. The van der Waals surface area contributed by atoms with Gasteiger partial charge >= 0.3 is 0 Å². The highest BCUT2D eigenvalue weighted by Gasteiger charge is 2.23. The third-order valence-corrected chi connectivity index (χ3v) is 2.55. The second kappa shape index (κ2) is 3.62. The molecule has 0 N–H and O–H groups in total. The summed E-state index contributed by atoms with van der Waals surface area (Å²) in [4.78, 5) is 0. The molecule has 0 radical (unpaired) electrons. The van der Waals surface area contributed by atoms with Crippen molar-refractivity contribution in [2.45, 2.75) is 6.10 Å². The quantitative estimate of drug-likeness (QED) is 0.622. The molecule has 1 aromatic carbocycles. The summed E-state index contributed by atoms with van der Waals surface area (Å²) in [5, 5.41) is 0. The van der Waals surface area contributed by atoms with E-state index in [0.29, 0.717) is 12.7 Å². The van der Waals surface area contributed by atoms with Crippen LogP contribution in [0.4, 0.5) is 0 Å². The SMILES string of the molecule is Ic1ccccc1OCC1CO1. The summed E-state index contributed by atoms with van der Waals surface area (Å²) in [6.45, 7) is 1.53. The Morgan fingerprint density at radius 1 is 1.50 bits per heavy atom. The molecule has 0 amide bonds. The van der Waals surface area contributed by atoms with E-state index in [1.165, 1.54) is 0 Å². The Balaban J connectivity index is 1.96. The molecule has 0 spiro atoms. The molecule has 1 aliphatic heterocycles. The van der Waals surface area contributed by atoms with E-state index in [1.807, 2.05) is 24.3 Å². The molecule has 1 aromatic rings. The van der Waals surface area contributed by atoms with Gasteiger partial charge in [0.25, 0.3) is 0 Å².